The van der Waals surface area contributed by atoms with Gasteiger partial charge in [0.1, 0.15) is 5.56 Å². The maximum atomic E-state index is 12.3. The van der Waals surface area contributed by atoms with Crippen molar-refractivity contribution in [3.05, 3.63) is 40.5 Å². The summed E-state index contributed by atoms with van der Waals surface area (Å²) in [5.41, 5.74) is 1.35. The molecular weight excluding hydrogens is 308 g/mol. The maximum absolute atomic E-state index is 12.3. The molecule has 1 aromatic carbocycles. The molecule has 0 fully saturated rings. The van der Waals surface area contributed by atoms with Crippen LogP contribution in [0.5, 0.6) is 0 Å². The summed E-state index contributed by atoms with van der Waals surface area (Å²) in [5.74, 6) is 0.466. The van der Waals surface area contributed by atoms with Gasteiger partial charge < -0.3 is 9.42 Å². The highest BCUT2D eigenvalue weighted by Gasteiger charge is 2.21. The summed E-state index contributed by atoms with van der Waals surface area (Å²) in [6.45, 7) is 5.24. The molecule has 0 aliphatic rings. The van der Waals surface area contributed by atoms with Gasteiger partial charge in [0, 0.05) is 23.1 Å². The number of amides is 1. The zero-order valence-electron chi connectivity index (χ0n) is 10.9. The van der Waals surface area contributed by atoms with Gasteiger partial charge in [-0.05, 0) is 38.1 Å². The minimum atomic E-state index is -0.0517. The molecule has 100 valence electrons. The molecule has 1 amide bonds. The summed E-state index contributed by atoms with van der Waals surface area (Å²) in [4.78, 5) is 14.1. The van der Waals surface area contributed by atoms with Gasteiger partial charge in [-0.2, -0.15) is 0 Å². The Morgan fingerprint density at radius 2 is 1.89 bits per heavy atom. The zero-order valence-corrected chi connectivity index (χ0v) is 12.5. The fourth-order valence-corrected chi connectivity index (χ4v) is 2.15. The third-order valence-corrected chi connectivity index (χ3v) is 3.49. The van der Waals surface area contributed by atoms with Crippen LogP contribution in [0.1, 0.15) is 24.2 Å². The second-order valence-electron chi connectivity index (χ2n) is 4.05. The van der Waals surface area contributed by atoms with Crippen LogP contribution in [0, 0.1) is 0 Å². The van der Waals surface area contributed by atoms with Crippen LogP contribution in [0.25, 0.3) is 11.3 Å². The van der Waals surface area contributed by atoms with Crippen LogP contribution < -0.4 is 0 Å². The predicted molar refractivity (Wildman–Crippen MR) is 76.9 cm³/mol. The van der Waals surface area contributed by atoms with Gasteiger partial charge in [-0.25, -0.2) is 0 Å². The fourth-order valence-electron chi connectivity index (χ4n) is 1.88. The molecule has 0 N–H and O–H groups in total. The molecule has 0 spiro atoms. The zero-order chi connectivity index (χ0) is 13.8. The van der Waals surface area contributed by atoms with Crippen LogP contribution in [0.2, 0.25) is 0 Å². The van der Waals surface area contributed by atoms with Gasteiger partial charge in [-0.1, -0.05) is 21.1 Å². The van der Waals surface area contributed by atoms with E-state index in [1.165, 1.54) is 6.20 Å². The largest absolute Gasteiger partial charge is 0.355 e. The molecule has 0 aliphatic heterocycles. The van der Waals surface area contributed by atoms with Gasteiger partial charge in [0.2, 0.25) is 0 Å². The van der Waals surface area contributed by atoms with Crippen LogP contribution in [0.15, 0.2) is 39.5 Å². The van der Waals surface area contributed by atoms with Crippen molar-refractivity contribution in [2.75, 3.05) is 13.1 Å². The second kappa shape index (κ2) is 6.02. The first kappa shape index (κ1) is 13.8. The summed E-state index contributed by atoms with van der Waals surface area (Å²) in [7, 11) is 0. The molecule has 2 rings (SSSR count). The highest BCUT2D eigenvalue weighted by Crippen LogP contribution is 2.26. The molecule has 19 heavy (non-hydrogen) atoms. The second-order valence-corrected chi connectivity index (χ2v) is 4.97. The van der Waals surface area contributed by atoms with Crippen molar-refractivity contribution in [2.24, 2.45) is 0 Å². The van der Waals surface area contributed by atoms with Crippen molar-refractivity contribution < 1.29 is 9.32 Å². The lowest BCUT2D eigenvalue weighted by atomic mass is 10.1. The molecule has 0 radical (unpaired) electrons. The van der Waals surface area contributed by atoms with E-state index >= 15 is 0 Å². The molecule has 1 aromatic heterocycles. The van der Waals surface area contributed by atoms with Crippen molar-refractivity contribution in [3.63, 3.8) is 0 Å². The summed E-state index contributed by atoms with van der Waals surface area (Å²) in [6, 6.07) is 7.60. The SMILES string of the molecule is CCN(CC)C(=O)c1cnoc1-c1ccc(Br)cc1. The van der Waals surface area contributed by atoms with Crippen LogP contribution in [0.4, 0.5) is 0 Å². The topological polar surface area (TPSA) is 46.3 Å². The predicted octanol–water partition coefficient (Wildman–Crippen LogP) is 3.59. The molecule has 0 saturated heterocycles. The number of carbonyl (C=O) groups is 1. The quantitative estimate of drug-likeness (QED) is 0.864. The number of aromatic nitrogens is 1. The molecule has 0 saturated carbocycles. The van der Waals surface area contributed by atoms with Gasteiger partial charge in [-0.15, -0.1) is 0 Å². The Balaban J connectivity index is 2.37. The van der Waals surface area contributed by atoms with E-state index in [4.69, 9.17) is 4.52 Å². The maximum Gasteiger partial charge on any atom is 0.259 e. The molecule has 4 nitrogen and oxygen atoms in total. The normalized spacial score (nSPS) is 10.5. The molecule has 0 aliphatic carbocycles. The summed E-state index contributed by atoms with van der Waals surface area (Å²) >= 11 is 3.38. The number of hydrogen-bond acceptors (Lipinski definition) is 3. The fraction of sp³-hybridized carbons (Fsp3) is 0.286. The minimum absolute atomic E-state index is 0.0517. The van der Waals surface area contributed by atoms with E-state index < -0.39 is 0 Å². The van der Waals surface area contributed by atoms with Gasteiger partial charge in [-0.3, -0.25) is 4.79 Å². The van der Waals surface area contributed by atoms with Crippen molar-refractivity contribution >= 4 is 21.8 Å². The Labute approximate surface area is 120 Å². The first-order valence-electron chi connectivity index (χ1n) is 6.17. The van der Waals surface area contributed by atoms with E-state index in [2.05, 4.69) is 21.1 Å². The van der Waals surface area contributed by atoms with Crippen LogP contribution in [0.3, 0.4) is 0 Å². The molecule has 2 aromatic rings. The Kier molecular flexibility index (Phi) is 4.37. The smallest absolute Gasteiger partial charge is 0.259 e. The lowest BCUT2D eigenvalue weighted by molar-refractivity contribution is 0.0773. The van der Waals surface area contributed by atoms with Crippen molar-refractivity contribution in [1.82, 2.24) is 10.1 Å². The molecule has 5 heteroatoms. The monoisotopic (exact) mass is 322 g/mol. The van der Waals surface area contributed by atoms with Gasteiger partial charge in [0.05, 0.1) is 6.20 Å². The van der Waals surface area contributed by atoms with Gasteiger partial charge >= 0.3 is 0 Å². The minimum Gasteiger partial charge on any atom is -0.355 e. The summed E-state index contributed by atoms with van der Waals surface area (Å²) in [6.07, 6.45) is 1.48. The average Bonchev–Trinajstić information content (AvgIpc) is 2.90. The third kappa shape index (κ3) is 2.87. The van der Waals surface area contributed by atoms with E-state index in [9.17, 15) is 4.79 Å². The summed E-state index contributed by atoms with van der Waals surface area (Å²) < 4.78 is 6.22. The highest BCUT2D eigenvalue weighted by molar-refractivity contribution is 9.10. The number of halogens is 1. The molecule has 1 heterocycles. The number of benzene rings is 1. The Morgan fingerprint density at radius 3 is 2.47 bits per heavy atom. The lowest BCUT2D eigenvalue weighted by Gasteiger charge is -2.17. The van der Waals surface area contributed by atoms with E-state index in [1.807, 2.05) is 38.1 Å². The number of rotatable bonds is 4. The molecular formula is C14H15BrN2O2. The summed E-state index contributed by atoms with van der Waals surface area (Å²) in [5, 5.41) is 3.76. The van der Waals surface area contributed by atoms with E-state index in [0.717, 1.165) is 10.0 Å². The van der Waals surface area contributed by atoms with Crippen LogP contribution in [-0.2, 0) is 0 Å². The Bertz CT molecular complexity index is 559. The molecule has 0 atom stereocenters. The first-order chi connectivity index (χ1) is 9.17. The van der Waals surface area contributed by atoms with E-state index in [1.54, 1.807) is 4.90 Å². The number of hydrogen-bond donors (Lipinski definition) is 0. The van der Waals surface area contributed by atoms with Crippen molar-refractivity contribution in [2.45, 2.75) is 13.8 Å². The Hall–Kier alpha value is -1.62. The van der Waals surface area contributed by atoms with Gasteiger partial charge in [0.15, 0.2) is 5.76 Å². The third-order valence-electron chi connectivity index (χ3n) is 2.96. The van der Waals surface area contributed by atoms with Crippen LogP contribution >= 0.6 is 15.9 Å². The molecule has 0 unspecified atom stereocenters. The highest BCUT2D eigenvalue weighted by atomic mass is 79.9. The number of nitrogens with zero attached hydrogens (tertiary/aromatic N) is 2. The van der Waals surface area contributed by atoms with Gasteiger partial charge in [0.25, 0.3) is 5.91 Å². The standard InChI is InChI=1S/C14H15BrN2O2/c1-3-17(4-2)14(18)12-9-16-19-13(12)10-5-7-11(15)8-6-10/h5-9H,3-4H2,1-2H3. The van der Waals surface area contributed by atoms with Crippen LogP contribution in [-0.4, -0.2) is 29.1 Å². The number of carbonyl (C=O) groups excluding carboxylic acids is 1. The molecule has 0 bridgehead atoms. The van der Waals surface area contributed by atoms with Crippen molar-refractivity contribution in [3.8, 4) is 11.3 Å². The van der Waals surface area contributed by atoms with E-state index in [0.29, 0.717) is 24.4 Å². The first-order valence-corrected chi connectivity index (χ1v) is 6.96. The lowest BCUT2D eigenvalue weighted by Crippen LogP contribution is -2.30. The van der Waals surface area contributed by atoms with Crippen molar-refractivity contribution in [1.29, 1.82) is 0 Å². The van der Waals surface area contributed by atoms with E-state index in [-0.39, 0.29) is 5.91 Å². The average molecular weight is 323 g/mol. The Morgan fingerprint density at radius 1 is 1.26 bits per heavy atom.